The van der Waals surface area contributed by atoms with Gasteiger partial charge in [-0.1, -0.05) is 23.2 Å². The highest BCUT2D eigenvalue weighted by molar-refractivity contribution is 6.43. The second kappa shape index (κ2) is 4.52. The van der Waals surface area contributed by atoms with Gasteiger partial charge in [0.2, 0.25) is 0 Å². The summed E-state index contributed by atoms with van der Waals surface area (Å²) >= 11 is 11.6. The first-order chi connectivity index (χ1) is 7.58. The van der Waals surface area contributed by atoms with Crippen LogP contribution < -0.4 is 11.1 Å². The normalized spacial score (nSPS) is 14.9. The average Bonchev–Trinajstić information content (AvgIpc) is 3.05. The largest absolute Gasteiger partial charge is 0.397 e. The summed E-state index contributed by atoms with van der Waals surface area (Å²) in [6.45, 7) is 0.721. The number of anilines is 1. The molecule has 0 heterocycles. The number of nitrogens with two attached hydrogens (primary N) is 1. The van der Waals surface area contributed by atoms with E-state index in [4.69, 9.17) is 28.9 Å². The lowest BCUT2D eigenvalue weighted by Gasteiger charge is -2.07. The lowest BCUT2D eigenvalue weighted by atomic mass is 10.2. The van der Waals surface area contributed by atoms with E-state index in [0.717, 1.165) is 6.54 Å². The van der Waals surface area contributed by atoms with Crippen molar-refractivity contribution in [1.82, 2.24) is 5.32 Å². The summed E-state index contributed by atoms with van der Waals surface area (Å²) in [4.78, 5) is 11.7. The Kier molecular flexibility index (Phi) is 3.26. The fourth-order valence-electron chi connectivity index (χ4n) is 1.40. The van der Waals surface area contributed by atoms with Crippen LogP contribution in [0.15, 0.2) is 12.1 Å². The van der Waals surface area contributed by atoms with E-state index in [1.54, 1.807) is 0 Å². The third kappa shape index (κ3) is 2.60. The van der Waals surface area contributed by atoms with E-state index < -0.39 is 0 Å². The Labute approximate surface area is 104 Å². The Morgan fingerprint density at radius 1 is 1.44 bits per heavy atom. The van der Waals surface area contributed by atoms with Gasteiger partial charge < -0.3 is 11.1 Å². The minimum atomic E-state index is -0.155. The van der Waals surface area contributed by atoms with Crippen LogP contribution in [-0.4, -0.2) is 12.5 Å². The summed E-state index contributed by atoms with van der Waals surface area (Å²) in [6.07, 6.45) is 2.40. The molecule has 0 aliphatic heterocycles. The maximum Gasteiger partial charge on any atom is 0.251 e. The van der Waals surface area contributed by atoms with Gasteiger partial charge >= 0.3 is 0 Å². The van der Waals surface area contributed by atoms with Gasteiger partial charge in [0.15, 0.2) is 0 Å². The van der Waals surface area contributed by atoms with E-state index in [1.165, 1.54) is 25.0 Å². The number of hydrogen-bond donors (Lipinski definition) is 2. The fraction of sp³-hybridized carbons (Fsp3) is 0.364. The van der Waals surface area contributed by atoms with Crippen molar-refractivity contribution >= 4 is 34.8 Å². The lowest BCUT2D eigenvalue weighted by Crippen LogP contribution is -2.25. The molecule has 86 valence electrons. The van der Waals surface area contributed by atoms with Gasteiger partial charge in [0.1, 0.15) is 0 Å². The van der Waals surface area contributed by atoms with Crippen molar-refractivity contribution in [2.75, 3.05) is 12.3 Å². The molecule has 3 N–H and O–H groups in total. The summed E-state index contributed by atoms with van der Waals surface area (Å²) in [5.41, 5.74) is 6.41. The standard InChI is InChI=1S/C11H12Cl2N2O/c12-8-3-7(4-9(14)10(8)13)11(16)15-5-6-1-2-6/h3-4,6H,1-2,5,14H2,(H,15,16). The zero-order chi connectivity index (χ0) is 11.7. The molecule has 5 heteroatoms. The number of carbonyl (C=O) groups excluding carboxylic acids is 1. The highest BCUT2D eigenvalue weighted by Gasteiger charge is 2.22. The summed E-state index contributed by atoms with van der Waals surface area (Å²) in [6, 6.07) is 3.07. The van der Waals surface area contributed by atoms with Gasteiger partial charge in [-0.15, -0.1) is 0 Å². The fourth-order valence-corrected chi connectivity index (χ4v) is 1.74. The molecular weight excluding hydrogens is 247 g/mol. The van der Waals surface area contributed by atoms with Crippen LogP contribution >= 0.6 is 23.2 Å². The minimum absolute atomic E-state index is 0.155. The van der Waals surface area contributed by atoms with Crippen LogP contribution in [0.5, 0.6) is 0 Å². The number of hydrogen-bond acceptors (Lipinski definition) is 2. The number of benzene rings is 1. The number of halogens is 2. The molecule has 1 aromatic rings. The van der Waals surface area contributed by atoms with Crippen molar-refractivity contribution in [3.8, 4) is 0 Å². The first kappa shape index (κ1) is 11.6. The van der Waals surface area contributed by atoms with Gasteiger partial charge in [-0.3, -0.25) is 4.79 Å². The summed E-state index contributed by atoms with van der Waals surface area (Å²) in [5.74, 6) is 0.487. The van der Waals surface area contributed by atoms with Crippen LogP contribution in [-0.2, 0) is 0 Å². The minimum Gasteiger partial charge on any atom is -0.397 e. The molecule has 16 heavy (non-hydrogen) atoms. The first-order valence-electron chi connectivity index (χ1n) is 5.10. The Balaban J connectivity index is 2.09. The third-order valence-corrected chi connectivity index (χ3v) is 3.38. The van der Waals surface area contributed by atoms with Gasteiger partial charge in [-0.05, 0) is 30.9 Å². The highest BCUT2D eigenvalue weighted by Crippen LogP contribution is 2.30. The Bertz CT molecular complexity index is 407. The quantitative estimate of drug-likeness (QED) is 0.820. The highest BCUT2D eigenvalue weighted by atomic mass is 35.5. The summed E-state index contributed by atoms with van der Waals surface area (Å²) in [7, 11) is 0. The van der Waals surface area contributed by atoms with Crippen LogP contribution in [0.1, 0.15) is 23.2 Å². The van der Waals surface area contributed by atoms with E-state index in [2.05, 4.69) is 5.32 Å². The predicted octanol–water partition coefficient (Wildman–Crippen LogP) is 2.72. The van der Waals surface area contributed by atoms with Gasteiger partial charge in [0, 0.05) is 12.1 Å². The molecule has 1 saturated carbocycles. The van der Waals surface area contributed by atoms with Gasteiger partial charge in [-0.2, -0.15) is 0 Å². The second-order valence-electron chi connectivity index (χ2n) is 4.01. The molecule has 3 nitrogen and oxygen atoms in total. The molecule has 0 spiro atoms. The number of nitrogen functional groups attached to an aromatic ring is 1. The average molecular weight is 259 g/mol. The van der Waals surface area contributed by atoms with E-state index in [9.17, 15) is 4.79 Å². The molecule has 2 rings (SSSR count). The SMILES string of the molecule is Nc1cc(C(=O)NCC2CC2)cc(Cl)c1Cl. The molecule has 0 radical (unpaired) electrons. The number of rotatable bonds is 3. The molecule has 1 amide bonds. The van der Waals surface area contributed by atoms with Crippen molar-refractivity contribution in [2.24, 2.45) is 5.92 Å². The first-order valence-corrected chi connectivity index (χ1v) is 5.86. The molecular formula is C11H12Cl2N2O. The van der Waals surface area contributed by atoms with Crippen LogP contribution in [0.3, 0.4) is 0 Å². The molecule has 0 bridgehead atoms. The molecule has 0 aromatic heterocycles. The van der Waals surface area contributed by atoms with Crippen molar-refractivity contribution in [2.45, 2.75) is 12.8 Å². The van der Waals surface area contributed by atoms with Crippen molar-refractivity contribution < 1.29 is 4.79 Å². The molecule has 0 saturated heterocycles. The van der Waals surface area contributed by atoms with Gasteiger partial charge in [0.05, 0.1) is 15.7 Å². The number of carbonyl (C=O) groups is 1. The number of nitrogens with one attached hydrogen (secondary N) is 1. The van der Waals surface area contributed by atoms with Crippen molar-refractivity contribution in [3.63, 3.8) is 0 Å². The Hall–Kier alpha value is -0.930. The van der Waals surface area contributed by atoms with Gasteiger partial charge in [-0.25, -0.2) is 0 Å². The smallest absolute Gasteiger partial charge is 0.251 e. The maximum atomic E-state index is 11.7. The Morgan fingerprint density at radius 3 is 2.69 bits per heavy atom. The molecule has 1 aromatic carbocycles. The van der Waals surface area contributed by atoms with Crippen LogP contribution in [0.4, 0.5) is 5.69 Å². The van der Waals surface area contributed by atoms with Gasteiger partial charge in [0.25, 0.3) is 5.91 Å². The molecule has 1 aliphatic rings. The van der Waals surface area contributed by atoms with Crippen molar-refractivity contribution in [3.05, 3.63) is 27.7 Å². The topological polar surface area (TPSA) is 55.1 Å². The van der Waals surface area contributed by atoms with E-state index in [1.807, 2.05) is 0 Å². The van der Waals surface area contributed by atoms with E-state index in [0.29, 0.717) is 27.2 Å². The second-order valence-corrected chi connectivity index (χ2v) is 4.80. The van der Waals surface area contributed by atoms with Crippen LogP contribution in [0.2, 0.25) is 10.0 Å². The molecule has 1 aliphatic carbocycles. The zero-order valence-electron chi connectivity index (χ0n) is 8.59. The van der Waals surface area contributed by atoms with Crippen LogP contribution in [0, 0.1) is 5.92 Å². The maximum absolute atomic E-state index is 11.7. The predicted molar refractivity (Wildman–Crippen MR) is 65.9 cm³/mol. The van der Waals surface area contributed by atoms with E-state index in [-0.39, 0.29) is 5.91 Å². The zero-order valence-corrected chi connectivity index (χ0v) is 10.1. The third-order valence-electron chi connectivity index (χ3n) is 2.57. The molecule has 0 atom stereocenters. The number of amides is 1. The summed E-state index contributed by atoms with van der Waals surface area (Å²) < 4.78 is 0. The summed E-state index contributed by atoms with van der Waals surface area (Å²) in [5, 5.41) is 3.43. The molecule has 0 unspecified atom stereocenters. The van der Waals surface area contributed by atoms with E-state index >= 15 is 0 Å². The van der Waals surface area contributed by atoms with Crippen LogP contribution in [0.25, 0.3) is 0 Å². The monoisotopic (exact) mass is 258 g/mol. The Morgan fingerprint density at radius 2 is 2.12 bits per heavy atom. The lowest BCUT2D eigenvalue weighted by molar-refractivity contribution is 0.0952. The molecule has 1 fully saturated rings. The van der Waals surface area contributed by atoms with Crippen molar-refractivity contribution in [1.29, 1.82) is 0 Å².